The number of benzene rings is 2. The highest BCUT2D eigenvalue weighted by Crippen LogP contribution is 2.34. The van der Waals surface area contributed by atoms with Crippen LogP contribution in [0.15, 0.2) is 48.5 Å². The highest BCUT2D eigenvalue weighted by molar-refractivity contribution is 6.09. The van der Waals surface area contributed by atoms with Crippen molar-refractivity contribution in [3.8, 4) is 11.1 Å². The van der Waals surface area contributed by atoms with E-state index in [0.717, 1.165) is 18.4 Å². The van der Waals surface area contributed by atoms with Crippen LogP contribution in [-0.2, 0) is 4.74 Å². The van der Waals surface area contributed by atoms with E-state index in [4.69, 9.17) is 4.74 Å². The quantitative estimate of drug-likeness (QED) is 0.413. The second-order valence-corrected chi connectivity index (χ2v) is 10.1. The summed E-state index contributed by atoms with van der Waals surface area (Å²) in [6, 6.07) is 13.8. The lowest BCUT2D eigenvalue weighted by Gasteiger charge is -2.23. The fourth-order valence-corrected chi connectivity index (χ4v) is 4.68. The molecule has 2 aromatic carbocycles. The number of alkyl carbamates (subject to hydrolysis) is 1. The van der Waals surface area contributed by atoms with Gasteiger partial charge in [-0.1, -0.05) is 30.3 Å². The fraction of sp³-hybridized carbons (Fsp3) is 0.407. The molecule has 1 fully saturated rings. The Morgan fingerprint density at radius 2 is 1.71 bits per heavy atom. The van der Waals surface area contributed by atoms with E-state index >= 15 is 0 Å². The van der Waals surface area contributed by atoms with E-state index in [-0.39, 0.29) is 23.6 Å². The summed E-state index contributed by atoms with van der Waals surface area (Å²) >= 11 is 0. The minimum Gasteiger partial charge on any atom is -0.444 e. The van der Waals surface area contributed by atoms with Crippen molar-refractivity contribution in [1.82, 2.24) is 15.6 Å². The number of rotatable bonds is 6. The van der Waals surface area contributed by atoms with Crippen molar-refractivity contribution in [3.05, 3.63) is 60.0 Å². The maximum Gasteiger partial charge on any atom is 0.407 e. The van der Waals surface area contributed by atoms with Gasteiger partial charge in [0.05, 0.1) is 6.10 Å². The van der Waals surface area contributed by atoms with Crippen LogP contribution >= 0.6 is 0 Å². The standard InChI is InChI=1S/C27H32FN3O4/c1-27(2,3)35-26(34)30-15-18-10-9-17(24(18)32)14-29-25(33)23-22(16-7-5-4-6-8-16)20-13-19(28)11-12-21(20)31-23/h4-8,11-13,17-18,24,31-32H,9-10,14-15H2,1-3H3,(H,29,33)(H,30,34)/t17-,18-,24-/m1/s1. The number of ether oxygens (including phenoxy) is 1. The van der Waals surface area contributed by atoms with Gasteiger partial charge in [0, 0.05) is 41.4 Å². The third-order valence-corrected chi connectivity index (χ3v) is 6.36. The number of halogens is 1. The molecule has 0 bridgehead atoms. The average Bonchev–Trinajstić information content (AvgIpc) is 3.35. The van der Waals surface area contributed by atoms with Crippen LogP contribution in [-0.4, -0.2) is 46.9 Å². The van der Waals surface area contributed by atoms with Crippen molar-refractivity contribution in [2.24, 2.45) is 11.8 Å². The Morgan fingerprint density at radius 1 is 1.06 bits per heavy atom. The molecule has 186 valence electrons. The summed E-state index contributed by atoms with van der Waals surface area (Å²) in [4.78, 5) is 28.2. The highest BCUT2D eigenvalue weighted by atomic mass is 19.1. The molecule has 0 spiro atoms. The van der Waals surface area contributed by atoms with Crippen molar-refractivity contribution < 1.29 is 23.8 Å². The lowest BCUT2D eigenvalue weighted by atomic mass is 10.00. The Bertz CT molecular complexity index is 1200. The number of amides is 2. The Kier molecular flexibility index (Phi) is 7.12. The number of H-pyrrole nitrogens is 1. The van der Waals surface area contributed by atoms with Gasteiger partial charge in [0.2, 0.25) is 0 Å². The van der Waals surface area contributed by atoms with Gasteiger partial charge in [-0.25, -0.2) is 9.18 Å². The van der Waals surface area contributed by atoms with Crippen LogP contribution in [0.3, 0.4) is 0 Å². The molecule has 8 heteroatoms. The van der Waals surface area contributed by atoms with Crippen LogP contribution in [0.2, 0.25) is 0 Å². The second kappa shape index (κ2) is 10.1. The predicted molar refractivity (Wildman–Crippen MR) is 132 cm³/mol. The number of carbonyl (C=O) groups excluding carboxylic acids is 2. The SMILES string of the molecule is CC(C)(C)OC(=O)NC[C@H]1CC[C@H](CNC(=O)c2[nH]c3ccc(F)cc3c2-c2ccccc2)[C@H]1O. The molecule has 3 atom stereocenters. The summed E-state index contributed by atoms with van der Waals surface area (Å²) in [5.74, 6) is -0.935. The Labute approximate surface area is 204 Å². The van der Waals surface area contributed by atoms with Crippen molar-refractivity contribution >= 4 is 22.9 Å². The number of hydrogen-bond acceptors (Lipinski definition) is 4. The Hall–Kier alpha value is -3.39. The average molecular weight is 482 g/mol. The van der Waals surface area contributed by atoms with Gasteiger partial charge in [-0.2, -0.15) is 0 Å². The number of hydrogen-bond donors (Lipinski definition) is 4. The topological polar surface area (TPSA) is 103 Å². The number of aliphatic hydroxyl groups is 1. The van der Waals surface area contributed by atoms with E-state index in [9.17, 15) is 19.1 Å². The Balaban J connectivity index is 1.42. The van der Waals surface area contributed by atoms with Crippen LogP contribution in [0, 0.1) is 17.7 Å². The molecule has 2 amide bonds. The first-order valence-corrected chi connectivity index (χ1v) is 11.9. The van der Waals surface area contributed by atoms with Crippen molar-refractivity contribution in [2.75, 3.05) is 13.1 Å². The van der Waals surface area contributed by atoms with Crippen LogP contribution in [0.4, 0.5) is 9.18 Å². The zero-order chi connectivity index (χ0) is 25.2. The van der Waals surface area contributed by atoms with Crippen LogP contribution < -0.4 is 10.6 Å². The molecule has 0 saturated heterocycles. The second-order valence-electron chi connectivity index (χ2n) is 10.1. The molecule has 4 N–H and O–H groups in total. The number of aromatic amines is 1. The van der Waals surface area contributed by atoms with E-state index in [0.29, 0.717) is 35.2 Å². The summed E-state index contributed by atoms with van der Waals surface area (Å²) < 4.78 is 19.2. The third kappa shape index (κ3) is 5.82. The smallest absolute Gasteiger partial charge is 0.407 e. The maximum absolute atomic E-state index is 14.0. The van der Waals surface area contributed by atoms with Gasteiger partial charge in [0.25, 0.3) is 5.91 Å². The monoisotopic (exact) mass is 481 g/mol. The lowest BCUT2D eigenvalue weighted by Crippen LogP contribution is -2.39. The fourth-order valence-electron chi connectivity index (χ4n) is 4.68. The number of fused-ring (bicyclic) bond motifs is 1. The minimum absolute atomic E-state index is 0.111. The summed E-state index contributed by atoms with van der Waals surface area (Å²) in [5.41, 5.74) is 1.89. The normalized spacial score (nSPS) is 20.1. The molecular formula is C27H32FN3O4. The van der Waals surface area contributed by atoms with Crippen LogP contribution in [0.1, 0.15) is 44.1 Å². The van der Waals surface area contributed by atoms with Crippen LogP contribution in [0.25, 0.3) is 22.0 Å². The van der Waals surface area contributed by atoms with Crippen molar-refractivity contribution in [3.63, 3.8) is 0 Å². The van der Waals surface area contributed by atoms with E-state index in [1.807, 2.05) is 30.3 Å². The highest BCUT2D eigenvalue weighted by Gasteiger charge is 2.35. The van der Waals surface area contributed by atoms with Crippen molar-refractivity contribution in [1.29, 1.82) is 0 Å². The van der Waals surface area contributed by atoms with E-state index < -0.39 is 17.8 Å². The van der Waals surface area contributed by atoms with Crippen LogP contribution in [0.5, 0.6) is 0 Å². The largest absolute Gasteiger partial charge is 0.444 e. The van der Waals surface area contributed by atoms with E-state index in [1.54, 1.807) is 26.8 Å². The van der Waals surface area contributed by atoms with Gasteiger partial charge in [-0.15, -0.1) is 0 Å². The summed E-state index contributed by atoms with van der Waals surface area (Å²) in [6.07, 6.45) is 0.296. The first-order valence-electron chi connectivity index (χ1n) is 11.9. The van der Waals surface area contributed by atoms with E-state index in [2.05, 4.69) is 15.6 Å². The zero-order valence-electron chi connectivity index (χ0n) is 20.2. The molecule has 1 heterocycles. The summed E-state index contributed by atoms with van der Waals surface area (Å²) in [7, 11) is 0. The molecule has 0 unspecified atom stereocenters. The van der Waals surface area contributed by atoms with Gasteiger partial charge in [0.15, 0.2) is 0 Å². The first-order chi connectivity index (χ1) is 16.6. The molecule has 1 aromatic heterocycles. The van der Waals surface area contributed by atoms with Gasteiger partial charge in [-0.05, 0) is 57.4 Å². The molecule has 35 heavy (non-hydrogen) atoms. The maximum atomic E-state index is 14.0. The number of aromatic nitrogens is 1. The molecule has 1 aliphatic rings. The molecule has 3 aromatic rings. The number of aliphatic hydroxyl groups excluding tert-OH is 1. The summed E-state index contributed by atoms with van der Waals surface area (Å²) in [5, 5.41) is 17.1. The molecule has 1 saturated carbocycles. The van der Waals surface area contributed by atoms with Gasteiger partial charge >= 0.3 is 6.09 Å². The van der Waals surface area contributed by atoms with Gasteiger partial charge in [0.1, 0.15) is 17.1 Å². The molecule has 1 aliphatic carbocycles. The third-order valence-electron chi connectivity index (χ3n) is 6.36. The zero-order valence-corrected chi connectivity index (χ0v) is 20.2. The summed E-state index contributed by atoms with van der Waals surface area (Å²) in [6.45, 7) is 5.99. The Morgan fingerprint density at radius 3 is 2.37 bits per heavy atom. The van der Waals surface area contributed by atoms with Gasteiger partial charge in [-0.3, -0.25) is 4.79 Å². The van der Waals surface area contributed by atoms with E-state index in [1.165, 1.54) is 12.1 Å². The molecule has 0 radical (unpaired) electrons. The predicted octanol–water partition coefficient (Wildman–Crippen LogP) is 4.62. The molecule has 7 nitrogen and oxygen atoms in total. The number of nitrogens with one attached hydrogen (secondary N) is 3. The number of carbonyl (C=O) groups is 2. The molecular weight excluding hydrogens is 449 g/mol. The lowest BCUT2D eigenvalue weighted by molar-refractivity contribution is 0.0481. The molecule has 0 aliphatic heterocycles. The van der Waals surface area contributed by atoms with Crippen molar-refractivity contribution in [2.45, 2.75) is 45.3 Å². The van der Waals surface area contributed by atoms with Gasteiger partial charge < -0.3 is 25.5 Å². The molecule has 4 rings (SSSR count). The first kappa shape index (κ1) is 24.7. The minimum atomic E-state index is -0.657.